The molecule has 1 N–H and O–H groups in total. The van der Waals surface area contributed by atoms with E-state index in [9.17, 15) is 4.79 Å². The number of rotatable bonds is 5. The zero-order valence-electron chi connectivity index (χ0n) is 15.8. The second kappa shape index (κ2) is 7.14. The second-order valence-corrected chi connectivity index (χ2v) is 7.40. The van der Waals surface area contributed by atoms with E-state index < -0.39 is 0 Å². The van der Waals surface area contributed by atoms with Crippen molar-refractivity contribution in [3.05, 3.63) is 52.0 Å². The summed E-state index contributed by atoms with van der Waals surface area (Å²) in [5, 5.41) is 3.00. The summed E-state index contributed by atoms with van der Waals surface area (Å²) in [7, 11) is 0. The minimum atomic E-state index is -0.0240. The minimum Gasteiger partial charge on any atom is -0.461 e. The van der Waals surface area contributed by atoms with Gasteiger partial charge in [0.2, 0.25) is 0 Å². The van der Waals surface area contributed by atoms with Gasteiger partial charge in [-0.25, -0.2) is 0 Å². The van der Waals surface area contributed by atoms with Crippen LogP contribution < -0.4 is 5.32 Å². The number of nitrogens with one attached hydrogen (secondary N) is 1. The fourth-order valence-electron chi connectivity index (χ4n) is 4.20. The van der Waals surface area contributed by atoms with Crippen molar-refractivity contribution in [2.24, 2.45) is 0 Å². The Labute approximate surface area is 155 Å². The molecular formula is C23H27NO2. The molecule has 1 aliphatic carbocycles. The predicted molar refractivity (Wildman–Crippen MR) is 106 cm³/mol. The Morgan fingerprint density at radius 3 is 2.85 bits per heavy atom. The molecule has 2 aromatic rings. The fraction of sp³-hybridized carbons (Fsp3) is 0.435. The van der Waals surface area contributed by atoms with E-state index in [-0.39, 0.29) is 5.91 Å². The van der Waals surface area contributed by atoms with Gasteiger partial charge in [0.15, 0.2) is 0 Å². The van der Waals surface area contributed by atoms with Crippen LogP contribution in [0.3, 0.4) is 0 Å². The van der Waals surface area contributed by atoms with E-state index in [1.54, 1.807) is 0 Å². The second-order valence-electron chi connectivity index (χ2n) is 7.40. The zero-order chi connectivity index (χ0) is 18.1. The largest absolute Gasteiger partial charge is 0.461 e. The number of carbonyl (C=O) groups excluding carboxylic acids is 1. The molecule has 0 spiro atoms. The van der Waals surface area contributed by atoms with Crippen LogP contribution in [0.25, 0.3) is 11.6 Å². The molecule has 1 amide bonds. The van der Waals surface area contributed by atoms with Gasteiger partial charge in [-0.1, -0.05) is 26.3 Å². The summed E-state index contributed by atoms with van der Waals surface area (Å²) in [6.45, 7) is 4.38. The SMILES string of the molecule is CCCCc1ccc2c(c1)C(=Cc1oc3c(c1CC)CCCC3)C(=O)N2. The number of amides is 1. The number of benzene rings is 1. The van der Waals surface area contributed by atoms with Gasteiger partial charge in [-0.05, 0) is 67.9 Å². The lowest BCUT2D eigenvalue weighted by Gasteiger charge is -2.09. The quantitative estimate of drug-likeness (QED) is 0.718. The molecule has 0 bridgehead atoms. The Hall–Kier alpha value is -2.29. The molecule has 3 nitrogen and oxygen atoms in total. The maximum Gasteiger partial charge on any atom is 0.256 e. The summed E-state index contributed by atoms with van der Waals surface area (Å²) in [6.07, 6.45) is 10.9. The van der Waals surface area contributed by atoms with Crippen molar-refractivity contribution in [2.75, 3.05) is 5.32 Å². The number of furan rings is 1. The minimum absolute atomic E-state index is 0.0240. The molecule has 2 aliphatic rings. The van der Waals surface area contributed by atoms with Crippen LogP contribution >= 0.6 is 0 Å². The average Bonchev–Trinajstić information content (AvgIpc) is 3.17. The summed E-state index contributed by atoms with van der Waals surface area (Å²) in [5.41, 5.74) is 6.63. The number of carbonyl (C=O) groups is 1. The zero-order valence-corrected chi connectivity index (χ0v) is 15.8. The van der Waals surface area contributed by atoms with Crippen LogP contribution in [0.15, 0.2) is 22.6 Å². The van der Waals surface area contributed by atoms with Crippen molar-refractivity contribution in [3.8, 4) is 0 Å². The predicted octanol–water partition coefficient (Wildman–Crippen LogP) is 5.56. The molecular weight excluding hydrogens is 322 g/mol. The Kier molecular flexibility index (Phi) is 4.71. The van der Waals surface area contributed by atoms with Crippen molar-refractivity contribution < 1.29 is 9.21 Å². The van der Waals surface area contributed by atoms with Gasteiger partial charge in [-0.15, -0.1) is 0 Å². The first-order valence-electron chi connectivity index (χ1n) is 10.0. The van der Waals surface area contributed by atoms with Crippen LogP contribution in [0.5, 0.6) is 0 Å². The third-order valence-electron chi connectivity index (χ3n) is 5.63. The van der Waals surface area contributed by atoms with Crippen LogP contribution in [0, 0.1) is 0 Å². The van der Waals surface area contributed by atoms with Crippen LogP contribution in [-0.4, -0.2) is 5.91 Å². The molecule has 2 heterocycles. The molecule has 1 aromatic carbocycles. The van der Waals surface area contributed by atoms with E-state index in [0.29, 0.717) is 0 Å². The van der Waals surface area contributed by atoms with Crippen LogP contribution in [0.4, 0.5) is 5.69 Å². The lowest BCUT2D eigenvalue weighted by Crippen LogP contribution is -2.03. The Bertz CT molecular complexity index is 873. The van der Waals surface area contributed by atoms with E-state index in [1.807, 2.05) is 12.1 Å². The normalized spacial score (nSPS) is 17.3. The van der Waals surface area contributed by atoms with Crippen LogP contribution in [-0.2, 0) is 30.5 Å². The lowest BCUT2D eigenvalue weighted by molar-refractivity contribution is -0.110. The standard InChI is InChI=1S/C23H27NO2/c1-3-5-8-15-11-12-20-18(13-15)19(23(25)24-20)14-22-16(4-2)17-9-6-7-10-21(17)26-22/h11-14H,3-10H2,1-2H3,(H,24,25). The van der Waals surface area contributed by atoms with Gasteiger partial charge in [-0.3, -0.25) is 4.79 Å². The van der Waals surface area contributed by atoms with E-state index >= 15 is 0 Å². The molecule has 4 rings (SSSR count). The summed E-state index contributed by atoms with van der Waals surface area (Å²) in [6, 6.07) is 6.33. The Morgan fingerprint density at radius 2 is 2.04 bits per heavy atom. The van der Waals surface area contributed by atoms with Crippen LogP contribution in [0.2, 0.25) is 0 Å². The van der Waals surface area contributed by atoms with E-state index in [1.165, 1.54) is 42.4 Å². The summed E-state index contributed by atoms with van der Waals surface area (Å²) in [4.78, 5) is 12.6. The fourth-order valence-corrected chi connectivity index (χ4v) is 4.20. The topological polar surface area (TPSA) is 42.2 Å². The molecule has 0 saturated carbocycles. The highest BCUT2D eigenvalue weighted by atomic mass is 16.3. The molecule has 1 aliphatic heterocycles. The molecule has 0 atom stereocenters. The Balaban J connectivity index is 1.75. The lowest BCUT2D eigenvalue weighted by atomic mass is 9.93. The first-order valence-corrected chi connectivity index (χ1v) is 10.0. The third-order valence-corrected chi connectivity index (χ3v) is 5.63. The number of hydrogen-bond acceptors (Lipinski definition) is 2. The molecule has 0 fully saturated rings. The summed E-state index contributed by atoms with van der Waals surface area (Å²) < 4.78 is 6.19. The van der Waals surface area contributed by atoms with Crippen molar-refractivity contribution >= 4 is 23.2 Å². The maximum atomic E-state index is 12.6. The van der Waals surface area contributed by atoms with E-state index in [2.05, 4.69) is 31.3 Å². The van der Waals surface area contributed by atoms with Gasteiger partial charge in [-0.2, -0.15) is 0 Å². The molecule has 26 heavy (non-hydrogen) atoms. The third kappa shape index (κ3) is 3.00. The average molecular weight is 349 g/mol. The van der Waals surface area contributed by atoms with Crippen molar-refractivity contribution in [1.82, 2.24) is 0 Å². The summed E-state index contributed by atoms with van der Waals surface area (Å²) in [5.74, 6) is 2.00. The molecule has 136 valence electrons. The van der Waals surface area contributed by atoms with Gasteiger partial charge in [0.25, 0.3) is 5.91 Å². The highest BCUT2D eigenvalue weighted by Gasteiger charge is 2.27. The van der Waals surface area contributed by atoms with Gasteiger partial charge in [0.05, 0.1) is 5.57 Å². The number of hydrogen-bond donors (Lipinski definition) is 1. The van der Waals surface area contributed by atoms with Gasteiger partial charge < -0.3 is 9.73 Å². The highest BCUT2D eigenvalue weighted by Crippen LogP contribution is 2.37. The number of aryl methyl sites for hydroxylation is 2. The van der Waals surface area contributed by atoms with Gasteiger partial charge in [0.1, 0.15) is 11.5 Å². The maximum absolute atomic E-state index is 12.6. The van der Waals surface area contributed by atoms with E-state index in [0.717, 1.165) is 54.0 Å². The molecule has 0 radical (unpaired) electrons. The Morgan fingerprint density at radius 1 is 1.19 bits per heavy atom. The van der Waals surface area contributed by atoms with Crippen molar-refractivity contribution in [2.45, 2.75) is 65.2 Å². The number of anilines is 1. The van der Waals surface area contributed by atoms with Crippen molar-refractivity contribution in [1.29, 1.82) is 0 Å². The summed E-state index contributed by atoms with van der Waals surface area (Å²) >= 11 is 0. The van der Waals surface area contributed by atoms with Crippen LogP contribution in [0.1, 0.15) is 73.3 Å². The highest BCUT2D eigenvalue weighted by molar-refractivity contribution is 6.34. The molecule has 0 unspecified atom stereocenters. The van der Waals surface area contributed by atoms with E-state index in [4.69, 9.17) is 4.42 Å². The van der Waals surface area contributed by atoms with Gasteiger partial charge >= 0.3 is 0 Å². The number of unbranched alkanes of at least 4 members (excludes halogenated alkanes) is 1. The molecule has 0 saturated heterocycles. The van der Waals surface area contributed by atoms with Gasteiger partial charge in [0, 0.05) is 23.2 Å². The number of fused-ring (bicyclic) bond motifs is 2. The molecule has 1 aromatic heterocycles. The monoisotopic (exact) mass is 349 g/mol. The first-order chi connectivity index (χ1) is 12.7. The first kappa shape index (κ1) is 17.1. The van der Waals surface area contributed by atoms with Crippen molar-refractivity contribution in [3.63, 3.8) is 0 Å². The molecule has 3 heteroatoms. The smallest absolute Gasteiger partial charge is 0.256 e.